The molecule has 0 amide bonds. The van der Waals surface area contributed by atoms with Crippen LogP contribution in [-0.4, -0.2) is 9.97 Å². The van der Waals surface area contributed by atoms with Crippen LogP contribution in [0.2, 0.25) is 0 Å². The molecule has 3 heteroatoms. The molecule has 10 aromatic rings. The lowest BCUT2D eigenvalue weighted by molar-refractivity contribution is 0.793. The molecule has 0 saturated carbocycles. The fourth-order valence-electron chi connectivity index (χ4n) is 9.59. The van der Waals surface area contributed by atoms with Crippen LogP contribution >= 0.6 is 11.3 Å². The summed E-state index contributed by atoms with van der Waals surface area (Å²) < 4.78 is 2.49. The molecule has 0 fully saturated rings. The Morgan fingerprint density at radius 2 is 1.02 bits per heavy atom. The summed E-state index contributed by atoms with van der Waals surface area (Å²) in [6, 6.07) is 58.4. The smallest absolute Gasteiger partial charge is 0.0888 e. The zero-order valence-electron chi connectivity index (χ0n) is 28.0. The molecule has 1 atom stereocenters. The van der Waals surface area contributed by atoms with Gasteiger partial charge in [0.15, 0.2) is 0 Å². The molecule has 2 aliphatic rings. The topological polar surface area (TPSA) is 25.8 Å². The third kappa shape index (κ3) is 3.53. The van der Waals surface area contributed by atoms with E-state index in [9.17, 15) is 0 Å². The van der Waals surface area contributed by atoms with Gasteiger partial charge in [0.05, 0.1) is 21.3 Å². The lowest BCUT2D eigenvalue weighted by atomic mass is 9.70. The Morgan fingerprint density at radius 1 is 0.385 bits per heavy atom. The molecule has 240 valence electrons. The number of thiophene rings is 1. The van der Waals surface area contributed by atoms with Crippen molar-refractivity contribution in [3.8, 4) is 44.6 Å². The predicted octanol–water partition coefficient (Wildman–Crippen LogP) is 12.8. The van der Waals surface area contributed by atoms with Gasteiger partial charge in [-0.15, -0.1) is 11.3 Å². The Bertz CT molecular complexity index is 3080. The molecule has 3 aromatic heterocycles. The van der Waals surface area contributed by atoms with Crippen molar-refractivity contribution >= 4 is 53.2 Å². The van der Waals surface area contributed by atoms with E-state index in [-0.39, 0.29) is 0 Å². The number of nitrogens with zero attached hydrogens (tertiary/aromatic N) is 2. The van der Waals surface area contributed by atoms with E-state index in [2.05, 4.69) is 152 Å². The van der Waals surface area contributed by atoms with Gasteiger partial charge in [0.2, 0.25) is 0 Å². The normalized spacial score (nSPS) is 15.4. The van der Waals surface area contributed by atoms with Gasteiger partial charge in [0.1, 0.15) is 0 Å². The Morgan fingerprint density at radius 3 is 1.81 bits per heavy atom. The van der Waals surface area contributed by atoms with E-state index < -0.39 is 5.41 Å². The van der Waals surface area contributed by atoms with Crippen LogP contribution in [0.4, 0.5) is 0 Å². The molecule has 0 aliphatic heterocycles. The lowest BCUT2D eigenvalue weighted by Gasteiger charge is -2.30. The third-order valence-corrected chi connectivity index (χ3v) is 12.7. The maximum Gasteiger partial charge on any atom is 0.0888 e. The van der Waals surface area contributed by atoms with Crippen LogP contribution in [-0.2, 0) is 5.41 Å². The van der Waals surface area contributed by atoms with E-state index in [1.807, 2.05) is 29.8 Å². The second kappa shape index (κ2) is 10.3. The largest absolute Gasteiger partial charge is 0.256 e. The summed E-state index contributed by atoms with van der Waals surface area (Å²) in [4.78, 5) is 9.99. The number of benzene rings is 7. The molecular weight excluding hydrogens is 649 g/mol. The van der Waals surface area contributed by atoms with Crippen molar-refractivity contribution in [2.45, 2.75) is 5.41 Å². The van der Waals surface area contributed by atoms with Crippen molar-refractivity contribution in [2.24, 2.45) is 0 Å². The van der Waals surface area contributed by atoms with Crippen molar-refractivity contribution in [1.82, 2.24) is 9.97 Å². The molecule has 2 nitrogen and oxygen atoms in total. The van der Waals surface area contributed by atoms with E-state index in [1.165, 1.54) is 97.5 Å². The SMILES string of the molecule is c1ccc(-c2c3ccccc3c(-c3ccc4c(c3)C3(c5ccccc5-c5cc6sc7cccnc7c6cc53)c3cccnc3-4)c3ccccc23)cc1. The highest BCUT2D eigenvalue weighted by Crippen LogP contribution is 2.63. The zero-order valence-corrected chi connectivity index (χ0v) is 28.8. The summed E-state index contributed by atoms with van der Waals surface area (Å²) in [5.74, 6) is 0. The number of pyridine rings is 2. The first kappa shape index (κ1) is 28.3. The van der Waals surface area contributed by atoms with E-state index >= 15 is 0 Å². The molecule has 1 unspecified atom stereocenters. The molecule has 3 heterocycles. The van der Waals surface area contributed by atoms with E-state index in [0.29, 0.717) is 0 Å². The minimum absolute atomic E-state index is 0.520. The van der Waals surface area contributed by atoms with Gasteiger partial charge >= 0.3 is 0 Å². The van der Waals surface area contributed by atoms with Crippen LogP contribution in [0, 0.1) is 0 Å². The van der Waals surface area contributed by atoms with E-state index in [4.69, 9.17) is 9.97 Å². The van der Waals surface area contributed by atoms with E-state index in [1.54, 1.807) is 0 Å². The van der Waals surface area contributed by atoms with Gasteiger partial charge in [0, 0.05) is 28.0 Å². The maximum atomic E-state index is 5.10. The van der Waals surface area contributed by atoms with Gasteiger partial charge in [0.25, 0.3) is 0 Å². The molecule has 7 aromatic carbocycles. The summed E-state index contributed by atoms with van der Waals surface area (Å²) in [6.45, 7) is 0. The molecule has 12 rings (SSSR count). The zero-order chi connectivity index (χ0) is 34.0. The van der Waals surface area contributed by atoms with Crippen LogP contribution in [0.25, 0.3) is 86.5 Å². The second-order valence-corrected chi connectivity index (χ2v) is 15.1. The average molecular weight is 677 g/mol. The summed E-state index contributed by atoms with van der Waals surface area (Å²) in [7, 11) is 0. The van der Waals surface area contributed by atoms with Gasteiger partial charge in [-0.3, -0.25) is 9.97 Å². The first-order chi connectivity index (χ1) is 25.8. The Labute approximate surface area is 304 Å². The summed E-state index contributed by atoms with van der Waals surface area (Å²) >= 11 is 1.83. The van der Waals surface area contributed by atoms with Crippen LogP contribution in [0.15, 0.2) is 170 Å². The van der Waals surface area contributed by atoms with Gasteiger partial charge < -0.3 is 0 Å². The van der Waals surface area contributed by atoms with Crippen molar-refractivity contribution < 1.29 is 0 Å². The Balaban J connectivity index is 1.21. The lowest BCUT2D eigenvalue weighted by Crippen LogP contribution is -2.26. The molecule has 0 N–H and O–H groups in total. The number of aromatic nitrogens is 2. The third-order valence-electron chi connectivity index (χ3n) is 11.6. The molecule has 52 heavy (non-hydrogen) atoms. The summed E-state index contributed by atoms with van der Waals surface area (Å²) in [6.07, 6.45) is 3.86. The number of rotatable bonds is 2. The monoisotopic (exact) mass is 676 g/mol. The maximum absolute atomic E-state index is 5.10. The molecule has 0 radical (unpaired) electrons. The highest BCUT2D eigenvalue weighted by Gasteiger charge is 2.52. The van der Waals surface area contributed by atoms with Crippen molar-refractivity contribution in [3.63, 3.8) is 0 Å². The van der Waals surface area contributed by atoms with Gasteiger partial charge in [-0.05, 0) is 114 Å². The van der Waals surface area contributed by atoms with Gasteiger partial charge in [-0.25, -0.2) is 0 Å². The predicted molar refractivity (Wildman–Crippen MR) is 217 cm³/mol. The molecule has 0 saturated heterocycles. The highest BCUT2D eigenvalue weighted by molar-refractivity contribution is 7.25. The number of hydrogen-bond donors (Lipinski definition) is 0. The van der Waals surface area contributed by atoms with Crippen molar-refractivity contribution in [1.29, 1.82) is 0 Å². The summed E-state index contributed by atoms with van der Waals surface area (Å²) in [5.41, 5.74) is 15.6. The van der Waals surface area contributed by atoms with Gasteiger partial charge in [-0.1, -0.05) is 121 Å². The molecular formula is C49H28N2S. The van der Waals surface area contributed by atoms with Crippen molar-refractivity contribution in [2.75, 3.05) is 0 Å². The van der Waals surface area contributed by atoms with Crippen LogP contribution in [0.3, 0.4) is 0 Å². The minimum atomic E-state index is -0.520. The highest BCUT2D eigenvalue weighted by atomic mass is 32.1. The Kier molecular flexibility index (Phi) is 5.62. The number of fused-ring (bicyclic) bond motifs is 15. The number of hydrogen-bond acceptors (Lipinski definition) is 3. The van der Waals surface area contributed by atoms with E-state index in [0.717, 1.165) is 11.2 Å². The van der Waals surface area contributed by atoms with Crippen LogP contribution in [0.1, 0.15) is 22.3 Å². The molecule has 0 bridgehead atoms. The first-order valence-electron chi connectivity index (χ1n) is 17.8. The second-order valence-electron chi connectivity index (χ2n) is 14.0. The molecule has 2 aliphatic carbocycles. The first-order valence-corrected chi connectivity index (χ1v) is 18.6. The summed E-state index contributed by atoms with van der Waals surface area (Å²) in [5, 5.41) is 6.26. The van der Waals surface area contributed by atoms with Crippen molar-refractivity contribution in [3.05, 3.63) is 192 Å². The van der Waals surface area contributed by atoms with Crippen LogP contribution < -0.4 is 0 Å². The quantitative estimate of drug-likeness (QED) is 0.170. The fourth-order valence-corrected chi connectivity index (χ4v) is 10.7. The van der Waals surface area contributed by atoms with Crippen LogP contribution in [0.5, 0.6) is 0 Å². The average Bonchev–Trinajstić information content (AvgIpc) is 3.82. The minimum Gasteiger partial charge on any atom is -0.256 e. The van der Waals surface area contributed by atoms with Gasteiger partial charge in [-0.2, -0.15) is 0 Å². The molecule has 1 spiro atoms. The standard InChI is InChI=1S/C49H28N2S/c1-2-12-29(13-3-1)45-32-15-4-6-17-34(32)46(35-18-7-5-16-33(35)45)30-22-23-36-41(26-30)49(40-20-10-24-50-47(36)40)39-19-9-8-14-31(39)37-28-44-38(27-42(37)49)48-43(52-44)21-11-25-51-48/h1-28H. The fraction of sp³-hybridized carbons (Fsp3) is 0.0204. The Hall–Kier alpha value is -6.42.